The summed E-state index contributed by atoms with van der Waals surface area (Å²) in [4.78, 5) is 8.69. The van der Waals surface area contributed by atoms with E-state index in [0.717, 1.165) is 61.2 Å². The van der Waals surface area contributed by atoms with E-state index in [1.807, 2.05) is 5.38 Å². The summed E-state index contributed by atoms with van der Waals surface area (Å²) in [5.74, 6) is 0. The van der Waals surface area contributed by atoms with Crippen LogP contribution in [0.5, 0.6) is 0 Å². The Balaban J connectivity index is 0.00000256. The van der Waals surface area contributed by atoms with Crippen molar-refractivity contribution >= 4 is 46.9 Å². The number of alkyl halides is 3. The molecule has 0 spiro atoms. The van der Waals surface area contributed by atoms with Gasteiger partial charge in [-0.2, -0.15) is 13.2 Å². The van der Waals surface area contributed by atoms with Gasteiger partial charge in [-0.25, -0.2) is 0 Å². The Morgan fingerprint density at radius 1 is 0.900 bits per heavy atom. The van der Waals surface area contributed by atoms with Crippen LogP contribution in [0.2, 0.25) is 0 Å². The minimum atomic E-state index is -4.34. The largest absolute Gasteiger partial charge is 0.416 e. The summed E-state index contributed by atoms with van der Waals surface area (Å²) in [6.07, 6.45) is -3.45. The number of piperazine rings is 1. The first-order chi connectivity index (χ1) is 14.0. The maximum absolute atomic E-state index is 13.3. The van der Waals surface area contributed by atoms with Crippen molar-refractivity contribution in [2.24, 2.45) is 0 Å². The van der Waals surface area contributed by atoms with E-state index in [-0.39, 0.29) is 19.0 Å². The van der Waals surface area contributed by atoms with Gasteiger partial charge >= 0.3 is 6.18 Å². The Bertz CT molecular complexity index is 841. The van der Waals surface area contributed by atoms with Gasteiger partial charge in [0.05, 0.1) is 23.5 Å². The molecule has 166 valence electrons. The van der Waals surface area contributed by atoms with E-state index < -0.39 is 11.7 Å². The molecule has 2 aliphatic heterocycles. The average molecular weight is 480 g/mol. The highest BCUT2D eigenvalue weighted by Crippen LogP contribution is 2.50. The fraction of sp³-hybridized carbons (Fsp3) is 0.500. The smallest absolute Gasteiger partial charge is 0.395 e. The van der Waals surface area contributed by atoms with Crippen molar-refractivity contribution in [2.75, 3.05) is 57.3 Å². The van der Waals surface area contributed by atoms with Crippen molar-refractivity contribution in [1.29, 1.82) is 0 Å². The van der Waals surface area contributed by atoms with E-state index >= 15 is 0 Å². The molecule has 10 heteroatoms. The number of rotatable bonds is 6. The van der Waals surface area contributed by atoms with Gasteiger partial charge < -0.3 is 14.9 Å². The van der Waals surface area contributed by atoms with E-state index in [0.29, 0.717) is 12.2 Å². The van der Waals surface area contributed by atoms with E-state index in [9.17, 15) is 13.2 Å². The third kappa shape index (κ3) is 5.26. The predicted octanol–water partition coefficient (Wildman–Crippen LogP) is 4.79. The molecule has 0 aliphatic carbocycles. The zero-order chi connectivity index (χ0) is 20.4. The molecular formula is C20H25ClF3N3OS2. The Morgan fingerprint density at radius 2 is 1.60 bits per heavy atom. The highest BCUT2D eigenvalue weighted by Gasteiger charge is 2.33. The Hall–Kier alpha value is -0.970. The van der Waals surface area contributed by atoms with Gasteiger partial charge in [0.2, 0.25) is 0 Å². The summed E-state index contributed by atoms with van der Waals surface area (Å²) in [6, 6.07) is 4.06. The fourth-order valence-electron chi connectivity index (χ4n) is 3.86. The van der Waals surface area contributed by atoms with Gasteiger partial charge in [0.25, 0.3) is 0 Å². The maximum atomic E-state index is 13.3. The van der Waals surface area contributed by atoms with Gasteiger partial charge in [0, 0.05) is 59.8 Å². The van der Waals surface area contributed by atoms with Gasteiger partial charge in [0.1, 0.15) is 0 Å². The molecule has 4 rings (SSSR count). The molecule has 3 heterocycles. The van der Waals surface area contributed by atoms with Crippen molar-refractivity contribution in [3.8, 4) is 0 Å². The molecule has 0 atom stereocenters. The molecule has 30 heavy (non-hydrogen) atoms. The molecule has 0 unspecified atom stereocenters. The van der Waals surface area contributed by atoms with E-state index in [1.165, 1.54) is 12.1 Å². The lowest BCUT2D eigenvalue weighted by molar-refractivity contribution is -0.137. The normalized spacial score (nSPS) is 17.4. The second-order valence-corrected chi connectivity index (χ2v) is 9.14. The molecule has 1 fully saturated rings. The van der Waals surface area contributed by atoms with Crippen LogP contribution in [0.3, 0.4) is 0 Å². The van der Waals surface area contributed by atoms with Crippen molar-refractivity contribution in [2.45, 2.75) is 22.4 Å². The average Bonchev–Trinajstić information content (AvgIpc) is 3.16. The standard InChI is InChI=1S/C20H24F3N3OS2.ClH/c21-20(22,23)15-2-3-18-16(12-15)26(17-13-28-14-19(17)29-18)5-1-4-24-6-8-25(9-7-24)10-11-27;/h2-3,12-14,27H,1,4-11H2;1H. The van der Waals surface area contributed by atoms with E-state index in [4.69, 9.17) is 5.11 Å². The van der Waals surface area contributed by atoms with E-state index in [1.54, 1.807) is 29.2 Å². The highest BCUT2D eigenvalue weighted by molar-refractivity contribution is 7.99. The number of β-amino-alcohol motifs (C(OH)–C–C–N with tert-alkyl or cyclic N) is 1. The molecule has 0 amide bonds. The number of halogens is 4. The third-order valence-electron chi connectivity index (χ3n) is 5.43. The number of anilines is 2. The summed E-state index contributed by atoms with van der Waals surface area (Å²) in [5.41, 5.74) is 1.07. The van der Waals surface area contributed by atoms with Crippen LogP contribution < -0.4 is 4.90 Å². The van der Waals surface area contributed by atoms with Crippen LogP contribution in [0.25, 0.3) is 0 Å². The third-order valence-corrected chi connectivity index (χ3v) is 7.42. The number of benzene rings is 1. The summed E-state index contributed by atoms with van der Waals surface area (Å²) in [7, 11) is 0. The molecule has 0 bridgehead atoms. The fourth-order valence-corrected chi connectivity index (χ4v) is 5.91. The number of hydrogen-bond acceptors (Lipinski definition) is 6. The lowest BCUT2D eigenvalue weighted by Crippen LogP contribution is -2.47. The first kappa shape index (κ1) is 23.7. The Morgan fingerprint density at radius 3 is 2.27 bits per heavy atom. The molecule has 1 saturated heterocycles. The van der Waals surface area contributed by atoms with Crippen molar-refractivity contribution in [3.63, 3.8) is 0 Å². The number of aliphatic hydroxyl groups is 1. The van der Waals surface area contributed by atoms with Crippen LogP contribution in [-0.2, 0) is 6.18 Å². The highest BCUT2D eigenvalue weighted by atomic mass is 35.5. The Kier molecular flexibility index (Phi) is 7.97. The molecule has 2 aliphatic rings. The van der Waals surface area contributed by atoms with E-state index in [2.05, 4.69) is 20.1 Å². The van der Waals surface area contributed by atoms with Crippen LogP contribution in [0.1, 0.15) is 12.0 Å². The summed E-state index contributed by atoms with van der Waals surface area (Å²) in [6.45, 7) is 6.36. The van der Waals surface area contributed by atoms with Gasteiger partial charge in [-0.05, 0) is 31.2 Å². The van der Waals surface area contributed by atoms with Gasteiger partial charge in [-0.15, -0.1) is 23.7 Å². The van der Waals surface area contributed by atoms with Crippen molar-refractivity contribution in [3.05, 3.63) is 34.5 Å². The molecule has 1 N–H and O–H groups in total. The first-order valence-electron chi connectivity index (χ1n) is 9.74. The maximum Gasteiger partial charge on any atom is 0.416 e. The van der Waals surface area contributed by atoms with Crippen LogP contribution in [0.15, 0.2) is 38.8 Å². The zero-order valence-electron chi connectivity index (χ0n) is 16.4. The molecule has 1 aromatic heterocycles. The number of hydrogen-bond donors (Lipinski definition) is 1. The second kappa shape index (κ2) is 10.1. The summed E-state index contributed by atoms with van der Waals surface area (Å²) in [5, 5.41) is 13.1. The predicted molar refractivity (Wildman–Crippen MR) is 119 cm³/mol. The van der Waals surface area contributed by atoms with Gasteiger partial charge in [0.15, 0.2) is 0 Å². The molecule has 0 saturated carbocycles. The first-order valence-corrected chi connectivity index (χ1v) is 11.5. The number of nitrogens with zero attached hydrogens (tertiary/aromatic N) is 3. The van der Waals surface area contributed by atoms with Crippen LogP contribution in [-0.4, -0.2) is 67.3 Å². The minimum Gasteiger partial charge on any atom is -0.395 e. The number of fused-ring (bicyclic) bond motifs is 2. The zero-order valence-corrected chi connectivity index (χ0v) is 18.8. The van der Waals surface area contributed by atoms with Gasteiger partial charge in [-0.3, -0.25) is 4.90 Å². The summed E-state index contributed by atoms with van der Waals surface area (Å²) >= 11 is 3.13. The number of aliphatic hydroxyl groups excluding tert-OH is 1. The van der Waals surface area contributed by atoms with Crippen LogP contribution in [0.4, 0.5) is 24.5 Å². The Labute approximate surface area is 189 Å². The second-order valence-electron chi connectivity index (χ2n) is 7.32. The van der Waals surface area contributed by atoms with Crippen molar-refractivity contribution in [1.82, 2.24) is 9.80 Å². The quantitative estimate of drug-likeness (QED) is 0.643. The lowest BCUT2D eigenvalue weighted by atomic mass is 10.1. The molecule has 1 aromatic carbocycles. The topological polar surface area (TPSA) is 30.0 Å². The number of thiophene rings is 1. The monoisotopic (exact) mass is 479 g/mol. The molecule has 4 nitrogen and oxygen atoms in total. The summed E-state index contributed by atoms with van der Waals surface area (Å²) < 4.78 is 39.8. The van der Waals surface area contributed by atoms with Crippen molar-refractivity contribution < 1.29 is 18.3 Å². The molecular weight excluding hydrogens is 455 g/mol. The molecule has 0 radical (unpaired) electrons. The van der Waals surface area contributed by atoms with Crippen LogP contribution in [0, 0.1) is 0 Å². The van der Waals surface area contributed by atoms with Crippen LogP contribution >= 0.6 is 35.5 Å². The van der Waals surface area contributed by atoms with Gasteiger partial charge in [-0.1, -0.05) is 11.8 Å². The SMILES string of the molecule is Cl.OCCN1CCN(CCCN2c3cscc3Sc3ccc(C(F)(F)F)cc32)CC1. The lowest BCUT2D eigenvalue weighted by Gasteiger charge is -2.35. The minimum absolute atomic E-state index is 0. The molecule has 2 aromatic rings.